The minimum absolute atomic E-state index is 0.107. The number of pyridine rings is 1. The van der Waals surface area contributed by atoms with Crippen molar-refractivity contribution in [2.75, 3.05) is 5.73 Å². The molecule has 92 valence electrons. The monoisotopic (exact) mass is 262 g/mol. The third kappa shape index (κ3) is 3.21. The van der Waals surface area contributed by atoms with Crippen molar-refractivity contribution in [1.82, 2.24) is 4.98 Å². The van der Waals surface area contributed by atoms with Gasteiger partial charge in [0.25, 0.3) is 0 Å². The first-order chi connectivity index (χ1) is 8.65. The molecule has 0 aliphatic rings. The van der Waals surface area contributed by atoms with Crippen LogP contribution in [0.2, 0.25) is 5.15 Å². The van der Waals surface area contributed by atoms with E-state index in [1.165, 1.54) is 12.1 Å². The van der Waals surface area contributed by atoms with Crippen LogP contribution in [0.15, 0.2) is 42.5 Å². The summed E-state index contributed by atoms with van der Waals surface area (Å²) in [5.41, 5.74) is 6.96. The van der Waals surface area contributed by atoms with Crippen molar-refractivity contribution in [3.05, 3.63) is 58.9 Å². The Bertz CT molecular complexity index is 538. The van der Waals surface area contributed by atoms with E-state index in [-0.39, 0.29) is 17.5 Å². The molecule has 0 saturated heterocycles. The number of anilines is 1. The summed E-state index contributed by atoms with van der Waals surface area (Å²) >= 11 is 5.71. The van der Waals surface area contributed by atoms with Gasteiger partial charge in [-0.3, -0.25) is 0 Å². The number of hydrogen-bond donors (Lipinski definition) is 1. The highest BCUT2D eigenvalue weighted by atomic mass is 35.5. The zero-order valence-corrected chi connectivity index (χ0v) is 10.2. The van der Waals surface area contributed by atoms with Crippen LogP contribution in [0.25, 0.3) is 0 Å². The molecule has 1 aromatic heterocycles. The van der Waals surface area contributed by atoms with Crippen molar-refractivity contribution in [3.8, 4) is 0 Å². The van der Waals surface area contributed by atoms with Gasteiger partial charge < -0.3 is 10.5 Å². The zero-order chi connectivity index (χ0) is 13.0. The van der Waals surface area contributed by atoms with Crippen molar-refractivity contribution in [2.24, 2.45) is 0 Å². The van der Waals surface area contributed by atoms with Gasteiger partial charge in [-0.1, -0.05) is 41.9 Å². The minimum atomic E-state index is -0.548. The molecule has 0 aliphatic heterocycles. The molecule has 0 bridgehead atoms. The van der Waals surface area contributed by atoms with Gasteiger partial charge in [0.05, 0.1) is 0 Å². The number of hydrogen-bond acceptors (Lipinski definition) is 4. The van der Waals surface area contributed by atoms with Crippen LogP contribution in [0.5, 0.6) is 0 Å². The smallest absolute Gasteiger partial charge is 0.357 e. The number of ether oxygens (including phenoxy) is 1. The summed E-state index contributed by atoms with van der Waals surface area (Å²) < 4.78 is 5.11. The Morgan fingerprint density at radius 3 is 2.67 bits per heavy atom. The van der Waals surface area contributed by atoms with Gasteiger partial charge >= 0.3 is 5.97 Å². The SMILES string of the molecule is Nc1cc(Cl)nc(C(=O)OCc2ccccc2)c1. The first kappa shape index (κ1) is 12.4. The number of nitrogen functional groups attached to an aromatic ring is 1. The summed E-state index contributed by atoms with van der Waals surface area (Å²) in [6.07, 6.45) is 0. The van der Waals surface area contributed by atoms with E-state index in [9.17, 15) is 4.79 Å². The maximum absolute atomic E-state index is 11.7. The molecule has 2 N–H and O–H groups in total. The van der Waals surface area contributed by atoms with E-state index < -0.39 is 5.97 Å². The van der Waals surface area contributed by atoms with E-state index in [0.717, 1.165) is 5.56 Å². The average molecular weight is 263 g/mol. The van der Waals surface area contributed by atoms with Gasteiger partial charge in [-0.15, -0.1) is 0 Å². The average Bonchev–Trinajstić information content (AvgIpc) is 2.36. The van der Waals surface area contributed by atoms with Crippen molar-refractivity contribution < 1.29 is 9.53 Å². The molecule has 5 heteroatoms. The van der Waals surface area contributed by atoms with Crippen LogP contribution < -0.4 is 5.73 Å². The fourth-order valence-electron chi connectivity index (χ4n) is 1.42. The summed E-state index contributed by atoms with van der Waals surface area (Å²) in [6.45, 7) is 0.188. The highest BCUT2D eigenvalue weighted by Crippen LogP contribution is 2.13. The molecule has 0 fully saturated rings. The summed E-state index contributed by atoms with van der Waals surface area (Å²) in [7, 11) is 0. The zero-order valence-electron chi connectivity index (χ0n) is 9.47. The van der Waals surface area contributed by atoms with E-state index in [4.69, 9.17) is 22.1 Å². The van der Waals surface area contributed by atoms with Crippen LogP contribution in [-0.2, 0) is 11.3 Å². The molecule has 0 radical (unpaired) electrons. The van der Waals surface area contributed by atoms with Crippen LogP contribution in [0.4, 0.5) is 5.69 Å². The number of nitrogens with two attached hydrogens (primary N) is 1. The lowest BCUT2D eigenvalue weighted by Crippen LogP contribution is -2.08. The van der Waals surface area contributed by atoms with Gasteiger partial charge in [0, 0.05) is 5.69 Å². The van der Waals surface area contributed by atoms with Gasteiger partial charge in [-0.2, -0.15) is 0 Å². The number of esters is 1. The van der Waals surface area contributed by atoms with Crippen LogP contribution in [-0.4, -0.2) is 11.0 Å². The number of aromatic nitrogens is 1. The fraction of sp³-hybridized carbons (Fsp3) is 0.0769. The Kier molecular flexibility index (Phi) is 3.79. The van der Waals surface area contributed by atoms with Crippen molar-refractivity contribution in [1.29, 1.82) is 0 Å². The van der Waals surface area contributed by atoms with E-state index in [2.05, 4.69) is 4.98 Å². The first-order valence-corrected chi connectivity index (χ1v) is 5.67. The molecular weight excluding hydrogens is 252 g/mol. The predicted molar refractivity (Wildman–Crippen MR) is 69.2 cm³/mol. The summed E-state index contributed by atoms with van der Waals surface area (Å²) in [4.78, 5) is 15.6. The highest BCUT2D eigenvalue weighted by molar-refractivity contribution is 6.29. The number of carbonyl (C=O) groups excluding carboxylic acids is 1. The molecule has 0 saturated carbocycles. The molecule has 0 atom stereocenters. The molecule has 0 aliphatic carbocycles. The number of carbonyl (C=O) groups is 1. The molecular formula is C13H11ClN2O2. The van der Waals surface area contributed by atoms with Crippen molar-refractivity contribution in [2.45, 2.75) is 6.61 Å². The second-order valence-corrected chi connectivity index (χ2v) is 4.06. The summed E-state index contributed by atoms with van der Waals surface area (Å²) in [5, 5.41) is 0.168. The quantitative estimate of drug-likeness (QED) is 0.682. The van der Waals surface area contributed by atoms with E-state index in [1.54, 1.807) is 0 Å². The molecule has 0 amide bonds. The Morgan fingerprint density at radius 2 is 2.00 bits per heavy atom. The molecule has 18 heavy (non-hydrogen) atoms. The van der Waals surface area contributed by atoms with Gasteiger partial charge in [-0.25, -0.2) is 9.78 Å². The van der Waals surface area contributed by atoms with Gasteiger partial charge in [0.15, 0.2) is 5.69 Å². The lowest BCUT2D eigenvalue weighted by molar-refractivity contribution is 0.0466. The number of nitrogens with zero attached hydrogens (tertiary/aromatic N) is 1. The molecule has 0 unspecified atom stereocenters. The topological polar surface area (TPSA) is 65.2 Å². The normalized spacial score (nSPS) is 10.1. The standard InChI is InChI=1S/C13H11ClN2O2/c14-12-7-10(15)6-11(16-12)13(17)18-8-9-4-2-1-3-5-9/h1-7H,8H2,(H2,15,16). The molecule has 1 heterocycles. The highest BCUT2D eigenvalue weighted by Gasteiger charge is 2.10. The Balaban J connectivity index is 2.04. The Hall–Kier alpha value is -2.07. The third-order valence-corrected chi connectivity index (χ3v) is 2.43. The molecule has 1 aromatic carbocycles. The number of benzene rings is 1. The summed E-state index contributed by atoms with van der Waals surface area (Å²) in [6, 6.07) is 12.3. The molecule has 4 nitrogen and oxygen atoms in total. The van der Waals surface area contributed by atoms with Crippen molar-refractivity contribution in [3.63, 3.8) is 0 Å². The van der Waals surface area contributed by atoms with Crippen LogP contribution in [0.1, 0.15) is 16.1 Å². The maximum Gasteiger partial charge on any atom is 0.357 e. The fourth-order valence-corrected chi connectivity index (χ4v) is 1.64. The van der Waals surface area contributed by atoms with E-state index in [0.29, 0.717) is 5.69 Å². The molecule has 2 rings (SSSR count). The Morgan fingerprint density at radius 1 is 1.28 bits per heavy atom. The maximum atomic E-state index is 11.7. The molecule has 0 spiro atoms. The number of halogens is 1. The van der Waals surface area contributed by atoms with E-state index in [1.807, 2.05) is 30.3 Å². The lowest BCUT2D eigenvalue weighted by Gasteiger charge is -2.05. The second kappa shape index (κ2) is 5.51. The summed E-state index contributed by atoms with van der Waals surface area (Å²) in [5.74, 6) is -0.548. The third-order valence-electron chi connectivity index (χ3n) is 2.24. The van der Waals surface area contributed by atoms with Crippen LogP contribution in [0.3, 0.4) is 0 Å². The second-order valence-electron chi connectivity index (χ2n) is 3.67. The first-order valence-electron chi connectivity index (χ1n) is 5.29. The Labute approximate surface area is 109 Å². The largest absolute Gasteiger partial charge is 0.456 e. The predicted octanol–water partition coefficient (Wildman–Crippen LogP) is 2.67. The van der Waals surface area contributed by atoms with Gasteiger partial charge in [0.1, 0.15) is 11.8 Å². The van der Waals surface area contributed by atoms with E-state index >= 15 is 0 Å². The minimum Gasteiger partial charge on any atom is -0.456 e. The lowest BCUT2D eigenvalue weighted by atomic mass is 10.2. The number of rotatable bonds is 3. The van der Waals surface area contributed by atoms with Crippen molar-refractivity contribution >= 4 is 23.3 Å². The van der Waals surface area contributed by atoms with Crippen LogP contribution >= 0.6 is 11.6 Å². The van der Waals surface area contributed by atoms with Crippen LogP contribution in [0, 0.1) is 0 Å². The van der Waals surface area contributed by atoms with Gasteiger partial charge in [0.2, 0.25) is 0 Å². The molecule has 2 aromatic rings. The van der Waals surface area contributed by atoms with Gasteiger partial charge in [-0.05, 0) is 17.7 Å².